The van der Waals surface area contributed by atoms with Gasteiger partial charge in [-0.15, -0.1) is 0 Å². The van der Waals surface area contributed by atoms with Crippen LogP contribution in [0, 0.1) is 5.92 Å². The number of para-hydroxylation sites is 1. The molecule has 18 heavy (non-hydrogen) atoms. The molecule has 0 aliphatic heterocycles. The Bertz CT molecular complexity index is 341. The Morgan fingerprint density at radius 1 is 1.22 bits per heavy atom. The van der Waals surface area contributed by atoms with Crippen molar-refractivity contribution in [3.8, 4) is 5.75 Å². The molecule has 0 saturated heterocycles. The second-order valence-corrected chi connectivity index (χ2v) is 5.42. The van der Waals surface area contributed by atoms with Gasteiger partial charge in [-0.1, -0.05) is 50.9 Å². The summed E-state index contributed by atoms with van der Waals surface area (Å²) in [5.74, 6) is 1.44. The molecule has 0 aromatic heterocycles. The lowest BCUT2D eigenvalue weighted by Gasteiger charge is -2.20. The molecule has 102 valence electrons. The number of rotatable bonds is 8. The lowest BCUT2D eigenvalue weighted by Crippen LogP contribution is -2.33. The van der Waals surface area contributed by atoms with E-state index in [0.717, 1.165) is 31.7 Å². The molecule has 0 radical (unpaired) electrons. The van der Waals surface area contributed by atoms with Gasteiger partial charge < -0.3 is 10.1 Å². The fourth-order valence-electron chi connectivity index (χ4n) is 1.78. The molecular formula is C15H24ClNO. The summed E-state index contributed by atoms with van der Waals surface area (Å²) in [5.41, 5.74) is 0. The van der Waals surface area contributed by atoms with Crippen LogP contribution in [0.5, 0.6) is 5.75 Å². The van der Waals surface area contributed by atoms with Gasteiger partial charge in [0.1, 0.15) is 11.9 Å². The largest absolute Gasteiger partial charge is 0.488 e. The minimum Gasteiger partial charge on any atom is -0.488 e. The van der Waals surface area contributed by atoms with Gasteiger partial charge in [-0.25, -0.2) is 0 Å². The summed E-state index contributed by atoms with van der Waals surface area (Å²) in [6.45, 7) is 8.47. The molecule has 0 aliphatic rings. The first-order valence-electron chi connectivity index (χ1n) is 6.75. The van der Waals surface area contributed by atoms with Gasteiger partial charge in [-0.2, -0.15) is 0 Å². The summed E-state index contributed by atoms with van der Waals surface area (Å²) in [4.78, 5) is 0. The van der Waals surface area contributed by atoms with Crippen molar-refractivity contribution in [1.29, 1.82) is 0 Å². The number of benzene rings is 1. The van der Waals surface area contributed by atoms with Crippen molar-refractivity contribution in [2.45, 2.75) is 39.7 Å². The van der Waals surface area contributed by atoms with E-state index in [1.807, 2.05) is 24.3 Å². The zero-order valence-electron chi connectivity index (χ0n) is 11.6. The summed E-state index contributed by atoms with van der Waals surface area (Å²) >= 11 is 6.11. The Kier molecular flexibility index (Phi) is 7.14. The summed E-state index contributed by atoms with van der Waals surface area (Å²) in [6.07, 6.45) is 2.34. The van der Waals surface area contributed by atoms with Crippen LogP contribution in [-0.2, 0) is 0 Å². The lowest BCUT2D eigenvalue weighted by molar-refractivity contribution is 0.185. The first-order chi connectivity index (χ1) is 8.63. The van der Waals surface area contributed by atoms with Crippen LogP contribution in [0.1, 0.15) is 33.6 Å². The van der Waals surface area contributed by atoms with E-state index in [2.05, 4.69) is 26.1 Å². The predicted molar refractivity (Wildman–Crippen MR) is 78.5 cm³/mol. The number of ether oxygens (including phenoxy) is 1. The van der Waals surface area contributed by atoms with Crippen molar-refractivity contribution in [3.63, 3.8) is 0 Å². The van der Waals surface area contributed by atoms with E-state index in [0.29, 0.717) is 10.9 Å². The Hall–Kier alpha value is -0.730. The van der Waals surface area contributed by atoms with Gasteiger partial charge in [0.05, 0.1) is 5.02 Å². The first-order valence-corrected chi connectivity index (χ1v) is 7.13. The molecule has 3 heteroatoms. The van der Waals surface area contributed by atoms with Crippen LogP contribution in [0.2, 0.25) is 5.02 Å². The van der Waals surface area contributed by atoms with Crippen LogP contribution in [0.3, 0.4) is 0 Å². The molecule has 1 rings (SSSR count). The molecule has 2 nitrogen and oxygen atoms in total. The fourth-order valence-corrected chi connectivity index (χ4v) is 1.96. The number of nitrogens with one attached hydrogen (secondary N) is 1. The first kappa shape index (κ1) is 15.3. The summed E-state index contributed by atoms with van der Waals surface area (Å²) < 4.78 is 5.97. The average molecular weight is 270 g/mol. The van der Waals surface area contributed by atoms with E-state index < -0.39 is 0 Å². The quantitative estimate of drug-likeness (QED) is 0.766. The summed E-state index contributed by atoms with van der Waals surface area (Å²) in [5, 5.41) is 4.12. The molecule has 1 N–H and O–H groups in total. The standard InChI is InChI=1S/C15H24ClNO/c1-4-7-13(11-17-10-12(2)3)18-15-9-6-5-8-14(15)16/h5-6,8-9,12-13,17H,4,7,10-11H2,1-3H3. The van der Waals surface area contributed by atoms with Crippen molar-refractivity contribution in [1.82, 2.24) is 5.32 Å². The van der Waals surface area contributed by atoms with E-state index >= 15 is 0 Å². The Balaban J connectivity index is 2.49. The average Bonchev–Trinajstić information content (AvgIpc) is 2.32. The van der Waals surface area contributed by atoms with Crippen LogP contribution in [-0.4, -0.2) is 19.2 Å². The molecule has 0 saturated carbocycles. The molecule has 0 spiro atoms. The lowest BCUT2D eigenvalue weighted by atomic mass is 10.2. The van der Waals surface area contributed by atoms with Crippen molar-refractivity contribution >= 4 is 11.6 Å². The van der Waals surface area contributed by atoms with Gasteiger partial charge in [0.2, 0.25) is 0 Å². The highest BCUT2D eigenvalue weighted by molar-refractivity contribution is 6.32. The maximum atomic E-state index is 6.11. The highest BCUT2D eigenvalue weighted by Gasteiger charge is 2.11. The minimum atomic E-state index is 0.189. The van der Waals surface area contributed by atoms with Crippen molar-refractivity contribution < 1.29 is 4.74 Å². The Morgan fingerprint density at radius 2 is 1.94 bits per heavy atom. The molecule has 0 bridgehead atoms. The van der Waals surface area contributed by atoms with E-state index in [4.69, 9.17) is 16.3 Å². The van der Waals surface area contributed by atoms with Crippen molar-refractivity contribution in [2.75, 3.05) is 13.1 Å². The molecule has 0 aliphatic carbocycles. The molecule has 1 aromatic carbocycles. The molecule has 1 atom stereocenters. The zero-order chi connectivity index (χ0) is 13.4. The summed E-state index contributed by atoms with van der Waals surface area (Å²) in [6, 6.07) is 7.65. The minimum absolute atomic E-state index is 0.189. The number of hydrogen-bond acceptors (Lipinski definition) is 2. The SMILES string of the molecule is CCCC(CNCC(C)C)Oc1ccccc1Cl. The third kappa shape index (κ3) is 5.74. The number of hydrogen-bond donors (Lipinski definition) is 1. The third-order valence-corrected chi connectivity index (χ3v) is 2.98. The van der Waals surface area contributed by atoms with Gasteiger partial charge in [0.15, 0.2) is 0 Å². The Morgan fingerprint density at radius 3 is 2.56 bits per heavy atom. The predicted octanol–water partition coefficient (Wildman–Crippen LogP) is 4.13. The number of halogens is 1. The van der Waals surface area contributed by atoms with Gasteiger partial charge >= 0.3 is 0 Å². The van der Waals surface area contributed by atoms with E-state index in [1.54, 1.807) is 0 Å². The molecule has 1 aromatic rings. The highest BCUT2D eigenvalue weighted by Crippen LogP contribution is 2.24. The topological polar surface area (TPSA) is 21.3 Å². The smallest absolute Gasteiger partial charge is 0.138 e. The summed E-state index contributed by atoms with van der Waals surface area (Å²) in [7, 11) is 0. The van der Waals surface area contributed by atoms with Gasteiger partial charge in [-0.3, -0.25) is 0 Å². The fraction of sp³-hybridized carbons (Fsp3) is 0.600. The van der Waals surface area contributed by atoms with Gasteiger partial charge in [0.25, 0.3) is 0 Å². The second kappa shape index (κ2) is 8.39. The van der Waals surface area contributed by atoms with Gasteiger partial charge in [0, 0.05) is 6.54 Å². The van der Waals surface area contributed by atoms with E-state index in [9.17, 15) is 0 Å². The van der Waals surface area contributed by atoms with E-state index in [1.165, 1.54) is 0 Å². The maximum Gasteiger partial charge on any atom is 0.138 e. The van der Waals surface area contributed by atoms with Crippen LogP contribution in [0.25, 0.3) is 0 Å². The maximum absolute atomic E-state index is 6.11. The molecule has 1 unspecified atom stereocenters. The van der Waals surface area contributed by atoms with Crippen molar-refractivity contribution in [3.05, 3.63) is 29.3 Å². The highest BCUT2D eigenvalue weighted by atomic mass is 35.5. The van der Waals surface area contributed by atoms with Crippen LogP contribution in [0.4, 0.5) is 0 Å². The molecule has 0 fully saturated rings. The van der Waals surface area contributed by atoms with Crippen molar-refractivity contribution in [2.24, 2.45) is 5.92 Å². The Labute approximate surface area is 116 Å². The van der Waals surface area contributed by atoms with Crippen LogP contribution in [0.15, 0.2) is 24.3 Å². The van der Waals surface area contributed by atoms with Crippen LogP contribution >= 0.6 is 11.6 Å². The molecule has 0 heterocycles. The molecule has 0 amide bonds. The normalized spacial score (nSPS) is 12.7. The monoisotopic (exact) mass is 269 g/mol. The van der Waals surface area contributed by atoms with Gasteiger partial charge in [-0.05, 0) is 31.0 Å². The van der Waals surface area contributed by atoms with E-state index in [-0.39, 0.29) is 6.10 Å². The van der Waals surface area contributed by atoms with Crippen LogP contribution < -0.4 is 10.1 Å². The second-order valence-electron chi connectivity index (χ2n) is 5.01. The molecular weight excluding hydrogens is 246 g/mol. The zero-order valence-corrected chi connectivity index (χ0v) is 12.3. The third-order valence-electron chi connectivity index (χ3n) is 2.67.